The number of primary amides is 1. The molecule has 12 atom stereocenters. The van der Waals surface area contributed by atoms with Gasteiger partial charge in [-0.15, -0.1) is 0 Å². The van der Waals surface area contributed by atoms with Gasteiger partial charge < -0.3 is 100 Å². The Morgan fingerprint density at radius 1 is 0.630 bits per heavy atom. The molecule has 5 aromatic rings. The maximum Gasteiger partial charge on any atom is 0.407 e. The van der Waals surface area contributed by atoms with Crippen LogP contribution < -0.4 is 75.3 Å². The molecule has 1 fully saturated rings. The van der Waals surface area contributed by atoms with Gasteiger partial charge in [0.1, 0.15) is 60.7 Å². The number of aromatic nitrogens is 1. The number of para-hydroxylation sites is 1. The molecule has 1 aliphatic rings. The highest BCUT2D eigenvalue weighted by molar-refractivity contribution is 8.76. The van der Waals surface area contributed by atoms with E-state index in [1.54, 1.807) is 124 Å². The molecule has 0 bridgehead atoms. The number of anilines is 1. The number of aromatic amines is 1. The number of rotatable bonds is 34. The lowest BCUT2D eigenvalue weighted by Crippen LogP contribution is -2.62. The number of fused-ring (bicyclic) bond motifs is 1. The number of ketones is 1. The average Bonchev–Trinajstić information content (AvgIpc) is 1.64. The zero-order valence-corrected chi connectivity index (χ0v) is 62.7. The number of amides is 13. The van der Waals surface area contributed by atoms with Crippen LogP contribution in [-0.2, 0) is 83.3 Å². The van der Waals surface area contributed by atoms with Crippen molar-refractivity contribution in [3.8, 4) is 0 Å². The van der Waals surface area contributed by atoms with Gasteiger partial charge in [0.15, 0.2) is 0 Å². The standard InChI is InChI=1S/C74H101N15O17S2/c1-6-50(93)30-31-61(94)88-62(42(2)3)71(102)82-55(25-17-33-77-73(76)104)65(96)80-49-28-26-47(27-29-49)39-106-74(105)78-32-16-15-24-54-66(97)89-63(44(5)92)72(103)87-60(70(101)85-58(38-90)43(4)91)41-108-107-40-59(86-64(95)52(75)34-45-18-9-7-10-19-45)69(100)83-56(35-46-20-11-8-12-21-46)67(98)84-57(68(99)81-54)36-48-37-79-53-23-14-13-22-51(48)53/h7-14,18-23,26-29,37,42-44,52,54-60,62-63,79,90-92H,6,15-17,24-25,30-36,38-41,75H2,1-5H3,(H,78,105)(H,80,96)(H,81,99)(H,82,102)(H,83,100)(H,84,98)(H,85,101)(H,86,95)(H,87,103)(H,88,94)(H,89,97)(H3,76,77,104)/t43-,44-,52-,54+,55+,56+,57-,58-,59+,60+,62+,63?/m1/s1. The second-order valence-corrected chi connectivity index (χ2v) is 29.1. The van der Waals surface area contributed by atoms with Crippen molar-refractivity contribution in [1.82, 2.24) is 63.5 Å². The van der Waals surface area contributed by atoms with E-state index in [4.69, 9.17) is 16.2 Å². The van der Waals surface area contributed by atoms with Gasteiger partial charge in [-0.1, -0.05) is 133 Å². The fourth-order valence-corrected chi connectivity index (χ4v) is 13.6. The number of ether oxygens (including phenoxy) is 1. The number of unbranched alkanes of at least 4 members (excludes halogenated alkanes) is 1. The number of nitrogens with two attached hydrogens (primary N) is 2. The number of aliphatic hydroxyl groups is 3. The van der Waals surface area contributed by atoms with E-state index in [1.165, 1.54) is 26.0 Å². The lowest BCUT2D eigenvalue weighted by atomic mass is 10.0. The fraction of sp³-hybridized carbons (Fsp3) is 0.473. The van der Waals surface area contributed by atoms with Gasteiger partial charge in [-0.3, -0.25) is 52.7 Å². The highest BCUT2D eigenvalue weighted by Crippen LogP contribution is 2.25. The van der Waals surface area contributed by atoms with Crippen molar-refractivity contribution in [2.75, 3.05) is 36.5 Å². The molecule has 4 aromatic carbocycles. The van der Waals surface area contributed by atoms with Gasteiger partial charge >= 0.3 is 12.1 Å². The van der Waals surface area contributed by atoms with Crippen LogP contribution in [0.4, 0.5) is 15.3 Å². The zero-order chi connectivity index (χ0) is 78.8. The number of nitrogens with one attached hydrogen (secondary N) is 13. The van der Waals surface area contributed by atoms with Crippen molar-refractivity contribution in [2.45, 2.75) is 184 Å². The minimum atomic E-state index is -1.81. The van der Waals surface area contributed by atoms with E-state index >= 15 is 9.59 Å². The van der Waals surface area contributed by atoms with E-state index < -0.39 is 156 Å². The number of hydrogen-bond acceptors (Lipinski definition) is 20. The summed E-state index contributed by atoms with van der Waals surface area (Å²) in [4.78, 5) is 182. The number of Topliss-reactive ketones (excluding diaryl/α,β-unsaturated/α-hetero) is 1. The van der Waals surface area contributed by atoms with E-state index in [0.717, 1.165) is 27.2 Å². The van der Waals surface area contributed by atoms with E-state index in [9.17, 15) is 68.1 Å². The first kappa shape index (κ1) is 86.8. The first-order valence-electron chi connectivity index (χ1n) is 35.8. The summed E-state index contributed by atoms with van der Waals surface area (Å²) in [6.07, 6.45) is -1.84. The molecule has 1 unspecified atom stereocenters. The van der Waals surface area contributed by atoms with E-state index in [0.29, 0.717) is 33.3 Å². The summed E-state index contributed by atoms with van der Waals surface area (Å²) in [6, 6.07) is 16.5. The minimum absolute atomic E-state index is 0.00762. The van der Waals surface area contributed by atoms with Crippen LogP contribution in [0, 0.1) is 5.92 Å². The molecule has 13 amide bonds. The summed E-state index contributed by atoms with van der Waals surface area (Å²) >= 11 is 0. The molecule has 0 spiro atoms. The molecule has 0 radical (unpaired) electrons. The third kappa shape index (κ3) is 29.2. The molecule has 108 heavy (non-hydrogen) atoms. The van der Waals surface area contributed by atoms with Crippen LogP contribution >= 0.6 is 21.6 Å². The van der Waals surface area contributed by atoms with Gasteiger partial charge in [-0.25, -0.2) is 9.59 Å². The number of aliphatic hydroxyl groups excluding tert-OH is 3. The van der Waals surface area contributed by atoms with Crippen LogP contribution in [0.15, 0.2) is 115 Å². The topological polar surface area (TPSA) is 504 Å². The Hall–Kier alpha value is -10.1. The molecule has 0 aliphatic carbocycles. The lowest BCUT2D eigenvalue weighted by Gasteiger charge is -2.29. The van der Waals surface area contributed by atoms with Gasteiger partial charge in [0, 0.05) is 79.5 Å². The monoisotopic (exact) mass is 1540 g/mol. The molecule has 0 saturated carbocycles. The molecule has 1 aromatic heterocycles. The van der Waals surface area contributed by atoms with Crippen LogP contribution in [0.1, 0.15) is 108 Å². The Kier molecular flexibility index (Phi) is 36.1. The molecule has 2 heterocycles. The highest BCUT2D eigenvalue weighted by Gasteiger charge is 2.37. The van der Waals surface area contributed by atoms with Crippen molar-refractivity contribution in [3.05, 3.63) is 138 Å². The summed E-state index contributed by atoms with van der Waals surface area (Å²) in [6.45, 7) is 6.73. The van der Waals surface area contributed by atoms with Crippen molar-refractivity contribution >= 4 is 115 Å². The molecular weight excluding hydrogens is 1440 g/mol. The van der Waals surface area contributed by atoms with Crippen LogP contribution in [0.5, 0.6) is 0 Å². The molecule has 34 heteroatoms. The minimum Gasteiger partial charge on any atom is -0.445 e. The Morgan fingerprint density at radius 2 is 1.25 bits per heavy atom. The quantitative estimate of drug-likeness (QED) is 0.0201. The smallest absolute Gasteiger partial charge is 0.407 e. The maximum atomic E-state index is 15.2. The number of urea groups is 1. The number of H-pyrrole nitrogens is 1. The fourth-order valence-electron chi connectivity index (χ4n) is 11.3. The summed E-state index contributed by atoms with van der Waals surface area (Å²) in [5.41, 5.74) is 15.0. The second kappa shape index (κ2) is 44.9. The normalized spacial score (nSPS) is 19.3. The SMILES string of the molecule is CCC(=O)CCC(=O)N[C@H](C(=O)N[C@@H](CCCNC(N)=O)C(=O)Nc1ccc(COC(=O)NCCCC[C@@H]2NC(=O)[C@@H](Cc3c[nH]c4ccccc34)NC(=O)[C@H](Cc3ccccc3)NC(=O)[C@@H](NC(=O)[C@H](N)Cc3ccccc3)CSSC[C@@H](C(=O)N[C@H](CO)[C@@H](C)O)NC(=O)C([C@@H](C)O)NC2=O)cc1)C(C)C. The van der Waals surface area contributed by atoms with Crippen molar-refractivity contribution in [1.29, 1.82) is 0 Å². The van der Waals surface area contributed by atoms with Crippen molar-refractivity contribution < 1.29 is 82.4 Å². The van der Waals surface area contributed by atoms with Crippen LogP contribution in [0.25, 0.3) is 10.9 Å². The number of carbonyl (C=O) groups is 13. The van der Waals surface area contributed by atoms with Crippen LogP contribution in [0.2, 0.25) is 0 Å². The number of alkyl carbamates (subject to hydrolysis) is 1. The Balaban J connectivity index is 1.21. The molecule has 1 aliphatic heterocycles. The summed E-state index contributed by atoms with van der Waals surface area (Å²) in [5, 5.41) is 64.2. The summed E-state index contributed by atoms with van der Waals surface area (Å²) < 4.78 is 5.48. The van der Waals surface area contributed by atoms with Crippen LogP contribution in [-0.4, -0.2) is 201 Å². The molecule has 586 valence electrons. The van der Waals surface area contributed by atoms with Crippen molar-refractivity contribution in [3.63, 3.8) is 0 Å². The molecule has 20 N–H and O–H groups in total. The third-order valence-corrected chi connectivity index (χ3v) is 20.0. The van der Waals surface area contributed by atoms with Gasteiger partial charge in [-0.05, 0) is 98.7 Å². The van der Waals surface area contributed by atoms with E-state index in [2.05, 4.69) is 68.8 Å². The Bertz CT molecular complexity index is 3840. The lowest BCUT2D eigenvalue weighted by molar-refractivity contribution is -0.136. The van der Waals surface area contributed by atoms with E-state index in [-0.39, 0.29) is 108 Å². The predicted octanol–water partition coefficient (Wildman–Crippen LogP) is 0.934. The number of hydrogen-bond donors (Lipinski definition) is 18. The van der Waals surface area contributed by atoms with Gasteiger partial charge in [0.2, 0.25) is 59.1 Å². The Morgan fingerprint density at radius 3 is 1.90 bits per heavy atom. The number of carbonyl (C=O) groups excluding carboxylic acids is 13. The van der Waals surface area contributed by atoms with Gasteiger partial charge in [0.25, 0.3) is 0 Å². The second-order valence-electron chi connectivity index (χ2n) is 26.6. The average molecular weight is 1540 g/mol. The molecule has 32 nitrogen and oxygen atoms in total. The molecule has 1 saturated heterocycles. The van der Waals surface area contributed by atoms with Gasteiger partial charge in [-0.2, -0.15) is 0 Å². The first-order chi connectivity index (χ1) is 51.6. The largest absolute Gasteiger partial charge is 0.445 e. The van der Waals surface area contributed by atoms with Gasteiger partial charge in [0.05, 0.1) is 30.9 Å². The maximum absolute atomic E-state index is 15.2. The summed E-state index contributed by atoms with van der Waals surface area (Å²) in [5.74, 6) is -9.06. The zero-order valence-electron chi connectivity index (χ0n) is 61.0. The summed E-state index contributed by atoms with van der Waals surface area (Å²) in [7, 11) is 1.96. The third-order valence-electron chi connectivity index (χ3n) is 17.6. The predicted molar refractivity (Wildman–Crippen MR) is 406 cm³/mol. The molecular formula is C74H101N15O17S2. The number of benzene rings is 4. The Labute approximate surface area is 634 Å². The highest BCUT2D eigenvalue weighted by atomic mass is 33.1. The van der Waals surface area contributed by atoms with Crippen molar-refractivity contribution in [2.24, 2.45) is 17.4 Å². The van der Waals surface area contributed by atoms with E-state index in [1.807, 2.05) is 0 Å². The molecule has 6 rings (SSSR count). The first-order valence-corrected chi connectivity index (χ1v) is 38.3. The van der Waals surface area contributed by atoms with Crippen LogP contribution in [0.3, 0.4) is 0 Å².